The van der Waals surface area contributed by atoms with Crippen molar-refractivity contribution >= 4 is 26.7 Å². The molecule has 0 amide bonds. The van der Waals surface area contributed by atoms with E-state index in [1.165, 1.54) is 33.0 Å². The smallest absolute Gasteiger partial charge is 0.0560 e. The summed E-state index contributed by atoms with van der Waals surface area (Å²) < 4.78 is 1.09. The number of aryl methyl sites for hydroxylation is 2. The van der Waals surface area contributed by atoms with Crippen molar-refractivity contribution in [1.82, 2.24) is 0 Å². The van der Waals surface area contributed by atoms with Gasteiger partial charge in [-0.1, -0.05) is 58.4 Å². The number of nitrogens with two attached hydrogens (primary N) is 1. The van der Waals surface area contributed by atoms with Crippen molar-refractivity contribution in [2.24, 2.45) is 5.73 Å². The Bertz CT molecular complexity index is 808. The maximum Gasteiger partial charge on any atom is 0.0560 e. The Kier molecular flexibility index (Phi) is 3.83. The third-order valence-electron chi connectivity index (χ3n) is 4.08. The number of fused-ring (bicyclic) bond motifs is 1. The second-order valence-corrected chi connectivity index (χ2v) is 6.41. The number of hydrogen-bond acceptors (Lipinski definition) is 1. The molecule has 0 bridgehead atoms. The average Bonchev–Trinajstić information content (AvgIpc) is 2.47. The van der Waals surface area contributed by atoms with Crippen LogP contribution in [0.3, 0.4) is 0 Å². The van der Waals surface area contributed by atoms with E-state index in [9.17, 15) is 0 Å². The molecule has 0 aromatic heterocycles. The fraction of sp³-hybridized carbons (Fsp3) is 0.158. The van der Waals surface area contributed by atoms with Gasteiger partial charge in [-0.3, -0.25) is 0 Å². The van der Waals surface area contributed by atoms with Crippen molar-refractivity contribution < 1.29 is 0 Å². The molecule has 2 heteroatoms. The normalized spacial score (nSPS) is 12.6. The first kappa shape index (κ1) is 14.3. The van der Waals surface area contributed by atoms with Gasteiger partial charge in [0.1, 0.15) is 0 Å². The van der Waals surface area contributed by atoms with Crippen LogP contribution in [0.25, 0.3) is 10.8 Å². The highest BCUT2D eigenvalue weighted by Gasteiger charge is 2.15. The monoisotopic (exact) mass is 339 g/mol. The molecule has 1 unspecified atom stereocenters. The lowest BCUT2D eigenvalue weighted by molar-refractivity contribution is 0.869. The summed E-state index contributed by atoms with van der Waals surface area (Å²) in [6.45, 7) is 4.25. The Morgan fingerprint density at radius 2 is 1.48 bits per heavy atom. The molecule has 21 heavy (non-hydrogen) atoms. The van der Waals surface area contributed by atoms with Crippen LogP contribution < -0.4 is 5.73 Å². The molecule has 0 heterocycles. The predicted molar refractivity (Wildman–Crippen MR) is 93.6 cm³/mol. The summed E-state index contributed by atoms with van der Waals surface area (Å²) in [7, 11) is 0. The summed E-state index contributed by atoms with van der Waals surface area (Å²) in [5.41, 5.74) is 11.4. The second-order valence-electron chi connectivity index (χ2n) is 5.50. The first-order chi connectivity index (χ1) is 10.1. The van der Waals surface area contributed by atoms with E-state index in [1.807, 2.05) is 0 Å². The van der Waals surface area contributed by atoms with E-state index in [-0.39, 0.29) is 6.04 Å². The zero-order chi connectivity index (χ0) is 15.0. The van der Waals surface area contributed by atoms with E-state index >= 15 is 0 Å². The lowest BCUT2D eigenvalue weighted by atomic mass is 9.91. The fourth-order valence-electron chi connectivity index (χ4n) is 2.90. The van der Waals surface area contributed by atoms with E-state index in [4.69, 9.17) is 5.73 Å². The zero-order valence-corrected chi connectivity index (χ0v) is 13.8. The third-order valence-corrected chi connectivity index (χ3v) is 4.57. The molecule has 0 aliphatic heterocycles. The Labute approximate surface area is 133 Å². The van der Waals surface area contributed by atoms with Gasteiger partial charge in [-0.05, 0) is 59.0 Å². The second kappa shape index (κ2) is 5.63. The number of hydrogen-bond donors (Lipinski definition) is 1. The molecule has 0 spiro atoms. The van der Waals surface area contributed by atoms with Gasteiger partial charge in [0.15, 0.2) is 0 Å². The minimum atomic E-state index is -0.108. The van der Waals surface area contributed by atoms with Crippen LogP contribution in [0.5, 0.6) is 0 Å². The fourth-order valence-corrected chi connectivity index (χ4v) is 3.38. The lowest BCUT2D eigenvalue weighted by Crippen LogP contribution is -2.13. The number of benzene rings is 3. The molecule has 0 saturated carbocycles. The van der Waals surface area contributed by atoms with Crippen LogP contribution in [0.4, 0.5) is 0 Å². The number of rotatable bonds is 2. The van der Waals surface area contributed by atoms with Crippen molar-refractivity contribution in [2.75, 3.05) is 0 Å². The van der Waals surface area contributed by atoms with E-state index in [0.717, 1.165) is 4.47 Å². The minimum absolute atomic E-state index is 0.108. The van der Waals surface area contributed by atoms with E-state index in [1.54, 1.807) is 0 Å². The molecule has 3 rings (SSSR count). The van der Waals surface area contributed by atoms with Gasteiger partial charge >= 0.3 is 0 Å². The third kappa shape index (κ3) is 2.61. The first-order valence-corrected chi connectivity index (χ1v) is 7.87. The largest absolute Gasteiger partial charge is 0.320 e. The molecule has 0 aliphatic rings. The minimum Gasteiger partial charge on any atom is -0.320 e. The van der Waals surface area contributed by atoms with Gasteiger partial charge < -0.3 is 5.73 Å². The average molecular weight is 340 g/mol. The SMILES string of the molecule is Cc1cc(Br)ccc1C(N)c1ccc(C)c2ccccc12. The zero-order valence-electron chi connectivity index (χ0n) is 12.2. The highest BCUT2D eigenvalue weighted by Crippen LogP contribution is 2.31. The molecule has 1 nitrogen and oxygen atoms in total. The van der Waals surface area contributed by atoms with Gasteiger partial charge in [-0.2, -0.15) is 0 Å². The molecular formula is C19H18BrN. The van der Waals surface area contributed by atoms with Gasteiger partial charge in [0.05, 0.1) is 6.04 Å². The maximum absolute atomic E-state index is 6.57. The Morgan fingerprint density at radius 1 is 0.810 bits per heavy atom. The maximum atomic E-state index is 6.57. The summed E-state index contributed by atoms with van der Waals surface area (Å²) in [6, 6.07) is 19.0. The van der Waals surface area contributed by atoms with Crippen LogP contribution in [0, 0.1) is 13.8 Å². The Hall–Kier alpha value is -1.64. The Morgan fingerprint density at radius 3 is 2.19 bits per heavy atom. The van der Waals surface area contributed by atoms with Crippen LogP contribution in [-0.4, -0.2) is 0 Å². The van der Waals surface area contributed by atoms with Crippen molar-refractivity contribution in [3.63, 3.8) is 0 Å². The molecular weight excluding hydrogens is 322 g/mol. The summed E-state index contributed by atoms with van der Waals surface area (Å²) in [4.78, 5) is 0. The van der Waals surface area contributed by atoms with Crippen molar-refractivity contribution in [3.8, 4) is 0 Å². The van der Waals surface area contributed by atoms with Crippen LogP contribution in [0.2, 0.25) is 0 Å². The van der Waals surface area contributed by atoms with Crippen LogP contribution in [0.1, 0.15) is 28.3 Å². The molecule has 0 fully saturated rings. The van der Waals surface area contributed by atoms with E-state index < -0.39 is 0 Å². The molecule has 106 valence electrons. The molecule has 0 radical (unpaired) electrons. The topological polar surface area (TPSA) is 26.0 Å². The summed E-state index contributed by atoms with van der Waals surface area (Å²) in [5.74, 6) is 0. The quantitative estimate of drug-likeness (QED) is 0.676. The van der Waals surface area contributed by atoms with E-state index in [0.29, 0.717) is 0 Å². The number of halogens is 1. The Balaban J connectivity index is 2.18. The molecule has 3 aromatic carbocycles. The highest BCUT2D eigenvalue weighted by molar-refractivity contribution is 9.10. The summed E-state index contributed by atoms with van der Waals surface area (Å²) in [6.07, 6.45) is 0. The van der Waals surface area contributed by atoms with Crippen LogP contribution in [-0.2, 0) is 0 Å². The van der Waals surface area contributed by atoms with Gasteiger partial charge in [0.2, 0.25) is 0 Å². The van der Waals surface area contributed by atoms with Crippen molar-refractivity contribution in [1.29, 1.82) is 0 Å². The van der Waals surface area contributed by atoms with Gasteiger partial charge in [0.25, 0.3) is 0 Å². The van der Waals surface area contributed by atoms with Crippen LogP contribution in [0.15, 0.2) is 59.1 Å². The van der Waals surface area contributed by atoms with Crippen LogP contribution >= 0.6 is 15.9 Å². The molecule has 0 aliphatic carbocycles. The van der Waals surface area contributed by atoms with Gasteiger partial charge in [-0.25, -0.2) is 0 Å². The molecule has 1 atom stereocenters. The van der Waals surface area contributed by atoms with Gasteiger partial charge in [0, 0.05) is 4.47 Å². The standard InChI is InChI=1S/C19H18BrN/c1-12-7-9-18(17-6-4-3-5-15(12)17)19(21)16-10-8-14(20)11-13(16)2/h3-11,19H,21H2,1-2H3. The molecule has 2 N–H and O–H groups in total. The van der Waals surface area contributed by atoms with Gasteiger partial charge in [-0.15, -0.1) is 0 Å². The summed E-state index contributed by atoms with van der Waals surface area (Å²) in [5, 5.41) is 2.52. The highest BCUT2D eigenvalue weighted by atomic mass is 79.9. The van der Waals surface area contributed by atoms with Crippen molar-refractivity contribution in [3.05, 3.63) is 81.3 Å². The summed E-state index contributed by atoms with van der Waals surface area (Å²) >= 11 is 3.51. The molecule has 3 aromatic rings. The predicted octanol–water partition coefficient (Wildman–Crippen LogP) is 5.27. The van der Waals surface area contributed by atoms with Crippen molar-refractivity contribution in [2.45, 2.75) is 19.9 Å². The first-order valence-electron chi connectivity index (χ1n) is 7.08. The lowest BCUT2D eigenvalue weighted by Gasteiger charge is -2.18. The molecule has 0 saturated heterocycles. The van der Waals surface area contributed by atoms with E-state index in [2.05, 4.69) is 84.4 Å².